The van der Waals surface area contributed by atoms with E-state index < -0.39 is 0 Å². The molecule has 0 N–H and O–H groups in total. The first-order valence-electron chi connectivity index (χ1n) is 12.5. The number of fused-ring (bicyclic) bond motifs is 5. The number of hydrogen-bond acceptors (Lipinski definition) is 2. The number of rotatable bonds is 3. The van der Waals surface area contributed by atoms with Crippen LogP contribution in [0.1, 0.15) is 72.6 Å². The average Bonchev–Trinajstić information content (AvgIpc) is 3.19. The fourth-order valence-electron chi connectivity index (χ4n) is 9.29. The summed E-state index contributed by atoms with van der Waals surface area (Å²) in [5.74, 6) is 6.13. The third-order valence-electron chi connectivity index (χ3n) is 10.4. The summed E-state index contributed by atoms with van der Waals surface area (Å²) in [6.45, 7) is 9.82. The van der Waals surface area contributed by atoms with Crippen molar-refractivity contribution >= 4 is 5.78 Å². The zero-order valence-electron chi connectivity index (χ0n) is 19.2. The van der Waals surface area contributed by atoms with Crippen LogP contribution in [-0.4, -0.2) is 15.6 Å². The number of Topliss-reactive ketones (excluding diaryl/α,β-unsaturated/α-hetero) is 1. The van der Waals surface area contributed by atoms with Crippen LogP contribution in [0, 0.1) is 64.5 Å². The maximum atomic E-state index is 13.5. The number of hydrogen-bond donors (Lipinski definition) is 0. The van der Waals surface area contributed by atoms with E-state index in [0.717, 1.165) is 29.6 Å². The molecule has 4 aliphatic carbocycles. The van der Waals surface area contributed by atoms with Gasteiger partial charge in [-0.15, -0.1) is 0 Å². The number of aromatic nitrogens is 2. The highest BCUT2D eigenvalue weighted by atomic mass is 19.1. The van der Waals surface area contributed by atoms with Crippen LogP contribution < -0.4 is 0 Å². The Kier molecular flexibility index (Phi) is 5.14. The van der Waals surface area contributed by atoms with Crippen LogP contribution in [0.4, 0.5) is 4.39 Å². The van der Waals surface area contributed by atoms with Gasteiger partial charge >= 0.3 is 0 Å². The maximum Gasteiger partial charge on any atom is 0.161 e. The lowest BCUT2D eigenvalue weighted by Crippen LogP contribution is -2.50. The largest absolute Gasteiger partial charge is 0.297 e. The summed E-state index contributed by atoms with van der Waals surface area (Å²) in [4.78, 5) is 13.5. The van der Waals surface area contributed by atoms with Crippen molar-refractivity contribution in [2.24, 2.45) is 58.7 Å². The highest BCUT2D eigenvalue weighted by Crippen LogP contribution is 2.67. The van der Waals surface area contributed by atoms with Crippen molar-refractivity contribution in [2.45, 2.75) is 79.2 Å². The Morgan fingerprint density at radius 1 is 1.10 bits per heavy atom. The van der Waals surface area contributed by atoms with Gasteiger partial charge in [-0.3, -0.25) is 9.48 Å². The van der Waals surface area contributed by atoms with Gasteiger partial charge in [0.25, 0.3) is 0 Å². The fourth-order valence-corrected chi connectivity index (χ4v) is 9.29. The first-order chi connectivity index (χ1) is 14.3. The maximum absolute atomic E-state index is 13.5. The van der Waals surface area contributed by atoms with Crippen molar-refractivity contribution in [1.29, 1.82) is 0 Å². The Labute approximate surface area is 181 Å². The van der Waals surface area contributed by atoms with E-state index in [1.54, 1.807) is 0 Å². The first-order valence-corrected chi connectivity index (χ1v) is 12.5. The van der Waals surface area contributed by atoms with Gasteiger partial charge in [-0.2, -0.15) is 5.10 Å². The highest BCUT2D eigenvalue weighted by Gasteiger charge is 2.63. The van der Waals surface area contributed by atoms with Crippen molar-refractivity contribution in [3.63, 3.8) is 0 Å². The second-order valence-electron chi connectivity index (χ2n) is 11.8. The molecule has 5 rings (SSSR count). The Balaban J connectivity index is 1.39. The van der Waals surface area contributed by atoms with Crippen LogP contribution in [0.15, 0.2) is 12.4 Å². The zero-order valence-corrected chi connectivity index (χ0v) is 19.2. The van der Waals surface area contributed by atoms with E-state index in [1.165, 1.54) is 62.0 Å². The minimum atomic E-state index is -0.362. The normalized spacial score (nSPS) is 48.0. The van der Waals surface area contributed by atoms with Crippen molar-refractivity contribution in [1.82, 2.24) is 9.78 Å². The Morgan fingerprint density at radius 2 is 1.87 bits per heavy atom. The average molecular weight is 415 g/mol. The van der Waals surface area contributed by atoms with Gasteiger partial charge in [-0.05, 0) is 91.3 Å². The molecule has 0 bridgehead atoms. The lowest BCUT2D eigenvalue weighted by molar-refractivity contribution is -0.132. The van der Waals surface area contributed by atoms with Gasteiger partial charge in [-0.1, -0.05) is 34.1 Å². The van der Waals surface area contributed by atoms with E-state index in [-0.39, 0.29) is 29.5 Å². The number of ketones is 1. The molecule has 1 aromatic rings. The Bertz CT molecular complexity index is 805. The van der Waals surface area contributed by atoms with Crippen LogP contribution in [0.2, 0.25) is 0 Å². The molecule has 3 nitrogen and oxygen atoms in total. The van der Waals surface area contributed by atoms with Crippen LogP contribution in [0.5, 0.6) is 0 Å². The topological polar surface area (TPSA) is 34.9 Å². The van der Waals surface area contributed by atoms with Crippen molar-refractivity contribution in [2.75, 3.05) is 0 Å². The molecule has 0 aliphatic heterocycles. The molecule has 4 saturated carbocycles. The summed E-state index contributed by atoms with van der Waals surface area (Å²) in [5.41, 5.74) is 0.0948. The fraction of sp³-hybridized carbons (Fsp3) is 0.846. The molecule has 9 unspecified atom stereocenters. The molecule has 0 aromatic carbocycles. The number of carbonyl (C=O) groups excluding carboxylic acids is 1. The summed E-state index contributed by atoms with van der Waals surface area (Å²) in [6, 6.07) is 0. The van der Waals surface area contributed by atoms with Gasteiger partial charge in [0.2, 0.25) is 0 Å². The molecule has 1 aromatic heterocycles. The van der Waals surface area contributed by atoms with Crippen LogP contribution >= 0.6 is 0 Å². The lowest BCUT2D eigenvalue weighted by Gasteiger charge is -2.56. The molecule has 0 saturated heterocycles. The molecule has 30 heavy (non-hydrogen) atoms. The molecule has 4 heteroatoms. The summed E-state index contributed by atoms with van der Waals surface area (Å²) in [6.07, 6.45) is 12.1. The van der Waals surface area contributed by atoms with E-state index in [2.05, 4.69) is 32.8 Å². The predicted molar refractivity (Wildman–Crippen MR) is 116 cm³/mol. The zero-order chi connectivity index (χ0) is 21.2. The smallest absolute Gasteiger partial charge is 0.161 e. The molecule has 10 atom stereocenters. The molecule has 166 valence electrons. The van der Waals surface area contributed by atoms with Gasteiger partial charge in [0.15, 0.2) is 11.6 Å². The lowest BCUT2D eigenvalue weighted by atomic mass is 9.48. The van der Waals surface area contributed by atoms with Gasteiger partial charge < -0.3 is 0 Å². The molecule has 4 aliphatic rings. The van der Waals surface area contributed by atoms with E-state index in [9.17, 15) is 9.18 Å². The van der Waals surface area contributed by atoms with Crippen molar-refractivity contribution in [3.8, 4) is 0 Å². The second kappa shape index (κ2) is 7.45. The molecule has 1 heterocycles. The van der Waals surface area contributed by atoms with E-state index in [1.807, 2.05) is 0 Å². The van der Waals surface area contributed by atoms with Crippen molar-refractivity contribution in [3.05, 3.63) is 18.2 Å². The summed E-state index contributed by atoms with van der Waals surface area (Å²) in [5, 5.41) is 4.04. The standard InChI is InChI=1S/C26H39FN2O/c1-15-5-7-20-18(11-15)6-8-22-21(20)9-10-26(4)24(22)16(2)17(3)25(26)23(30)14-29-13-19(27)12-28-29/h12-13,15-18,20-22,24-25H,5-11,14H2,1-4H3/t15?,16-,17?,18?,20?,21?,22?,24?,25?,26?/m1/s1. The summed E-state index contributed by atoms with van der Waals surface area (Å²) >= 11 is 0. The van der Waals surface area contributed by atoms with Crippen LogP contribution in [0.3, 0.4) is 0 Å². The van der Waals surface area contributed by atoms with E-state index in [0.29, 0.717) is 17.8 Å². The highest BCUT2D eigenvalue weighted by molar-refractivity contribution is 5.82. The minimum absolute atomic E-state index is 0.0785. The third-order valence-corrected chi connectivity index (χ3v) is 10.4. The van der Waals surface area contributed by atoms with Crippen LogP contribution in [-0.2, 0) is 11.3 Å². The minimum Gasteiger partial charge on any atom is -0.297 e. The monoisotopic (exact) mass is 414 g/mol. The number of carbonyl (C=O) groups is 1. The summed E-state index contributed by atoms with van der Waals surface area (Å²) in [7, 11) is 0. The van der Waals surface area contributed by atoms with Crippen molar-refractivity contribution < 1.29 is 9.18 Å². The predicted octanol–water partition coefficient (Wildman–Crippen LogP) is 5.99. The number of halogens is 1. The SMILES string of the molecule is CC1CCC2C(CCC3C2CCC2(C)C(C(=O)Cn4cc(F)cn4)C(C)[C@@H](C)C32)C1. The third kappa shape index (κ3) is 3.11. The molecule has 4 fully saturated rings. The van der Waals surface area contributed by atoms with Gasteiger partial charge in [-0.25, -0.2) is 4.39 Å². The van der Waals surface area contributed by atoms with Gasteiger partial charge in [0.1, 0.15) is 0 Å². The molecular formula is C26H39FN2O. The molecule has 0 spiro atoms. The van der Waals surface area contributed by atoms with E-state index >= 15 is 0 Å². The molecule has 0 amide bonds. The Hall–Kier alpha value is -1.19. The summed E-state index contributed by atoms with van der Waals surface area (Å²) < 4.78 is 14.9. The quantitative estimate of drug-likeness (QED) is 0.609. The number of nitrogens with zero attached hydrogens (tertiary/aromatic N) is 2. The second-order valence-corrected chi connectivity index (χ2v) is 11.8. The van der Waals surface area contributed by atoms with E-state index in [4.69, 9.17) is 0 Å². The Morgan fingerprint density at radius 3 is 2.60 bits per heavy atom. The van der Waals surface area contributed by atoms with Gasteiger partial charge in [0, 0.05) is 5.92 Å². The molecule has 0 radical (unpaired) electrons. The van der Waals surface area contributed by atoms with Gasteiger partial charge in [0.05, 0.1) is 18.9 Å². The molecular weight excluding hydrogens is 375 g/mol. The van der Waals surface area contributed by atoms with Crippen LogP contribution in [0.25, 0.3) is 0 Å². The first kappa shape index (κ1) is 20.7.